The molecule has 0 amide bonds. The lowest BCUT2D eigenvalue weighted by molar-refractivity contribution is 0.466. The lowest BCUT2D eigenvalue weighted by atomic mass is 10.00. The van der Waals surface area contributed by atoms with E-state index in [2.05, 4.69) is 163 Å². The van der Waals surface area contributed by atoms with Crippen molar-refractivity contribution >= 4 is 41.4 Å². The molecule has 0 atom stereocenters. The second-order valence-electron chi connectivity index (χ2n) is 12.5. The van der Waals surface area contributed by atoms with E-state index in [1.807, 2.05) is 0 Å². The number of hydrogen-bond donors (Lipinski definition) is 0. The zero-order chi connectivity index (χ0) is 31.1. The molecular weight excluding hydrogens is 591 g/mol. The summed E-state index contributed by atoms with van der Waals surface area (Å²) in [5.41, 5.74) is 11.5. The molecule has 0 spiro atoms. The number of benzene rings is 7. The van der Waals surface area contributed by atoms with Crippen LogP contribution in [0.5, 0.6) is 23.0 Å². The average molecular weight is 620 g/mol. The molecule has 0 saturated carbocycles. The van der Waals surface area contributed by atoms with Crippen LogP contribution in [0.4, 0.5) is 17.1 Å². The Morgan fingerprint density at radius 1 is 0.447 bits per heavy atom. The number of hydrogen-bond acceptors (Lipinski definition) is 3. The summed E-state index contributed by atoms with van der Waals surface area (Å²) in [4.78, 5) is 2.42. The highest BCUT2D eigenvalue weighted by molar-refractivity contribution is 7.00. The Labute approximate surface area is 275 Å². The van der Waals surface area contributed by atoms with E-state index >= 15 is 0 Å². The number of anilines is 3. The van der Waals surface area contributed by atoms with Crippen molar-refractivity contribution < 1.29 is 9.47 Å². The monoisotopic (exact) mass is 619 g/mol. The third-order valence-electron chi connectivity index (χ3n) is 9.79. The maximum atomic E-state index is 7.14. The van der Waals surface area contributed by atoms with Crippen molar-refractivity contribution in [3.8, 4) is 56.4 Å². The standard InChI is InChI=1S/C43H29NO2Si/c1-27-17-19-32(20-18-27)44-35-23-21-33(29-13-7-3-8-14-29)39-41(35)47-42-36(44)24-22-34(30-15-9-4-10-16-30)40(42)46-38-26-31(25-37(45-39)43(38)47)28-11-5-2-6-12-28/h2-26,47H,1H3. The van der Waals surface area contributed by atoms with Gasteiger partial charge in [0.15, 0.2) is 8.80 Å². The Balaban J connectivity index is 1.32. The highest BCUT2D eigenvalue weighted by Crippen LogP contribution is 2.50. The van der Waals surface area contributed by atoms with Crippen molar-refractivity contribution in [1.29, 1.82) is 0 Å². The molecular formula is C43H29NO2Si. The van der Waals surface area contributed by atoms with Gasteiger partial charge in [0.05, 0.1) is 0 Å². The first kappa shape index (κ1) is 26.4. The van der Waals surface area contributed by atoms with Crippen LogP contribution in [-0.4, -0.2) is 8.80 Å². The fraction of sp³-hybridized carbons (Fsp3) is 0.0233. The van der Waals surface area contributed by atoms with E-state index in [1.54, 1.807) is 0 Å². The third kappa shape index (κ3) is 3.92. The maximum Gasteiger partial charge on any atom is 0.157 e. The van der Waals surface area contributed by atoms with Gasteiger partial charge in [0.2, 0.25) is 0 Å². The largest absolute Gasteiger partial charge is 0.457 e. The van der Waals surface area contributed by atoms with E-state index in [-0.39, 0.29) is 0 Å². The molecule has 7 aromatic carbocycles. The van der Waals surface area contributed by atoms with Gasteiger partial charge < -0.3 is 14.4 Å². The van der Waals surface area contributed by atoms with Crippen LogP contribution in [-0.2, 0) is 0 Å². The topological polar surface area (TPSA) is 21.7 Å². The molecule has 0 aliphatic carbocycles. The maximum absolute atomic E-state index is 7.14. The minimum atomic E-state index is -2.10. The van der Waals surface area contributed by atoms with Crippen molar-refractivity contribution in [2.75, 3.05) is 4.90 Å². The van der Waals surface area contributed by atoms with Crippen molar-refractivity contribution in [2.24, 2.45) is 0 Å². The first-order valence-corrected chi connectivity index (χ1v) is 17.9. The van der Waals surface area contributed by atoms with Gasteiger partial charge in [-0.25, -0.2) is 0 Å². The minimum Gasteiger partial charge on any atom is -0.457 e. The number of nitrogens with zero attached hydrogens (tertiary/aromatic N) is 1. The Bertz CT molecular complexity index is 2230. The van der Waals surface area contributed by atoms with Gasteiger partial charge in [-0.2, -0.15) is 0 Å². The Hall–Kier alpha value is -5.84. The average Bonchev–Trinajstić information content (AvgIpc) is 3.13. The van der Waals surface area contributed by atoms with Crippen LogP contribution in [0.15, 0.2) is 152 Å². The highest BCUT2D eigenvalue weighted by atomic mass is 28.3. The summed E-state index contributed by atoms with van der Waals surface area (Å²) < 4.78 is 14.3. The molecule has 0 aromatic heterocycles. The van der Waals surface area contributed by atoms with Crippen molar-refractivity contribution in [1.82, 2.24) is 0 Å². The molecule has 3 aliphatic rings. The van der Waals surface area contributed by atoms with Gasteiger partial charge in [0.1, 0.15) is 23.0 Å². The molecule has 0 unspecified atom stereocenters. The molecule has 4 heteroatoms. The van der Waals surface area contributed by atoms with E-state index < -0.39 is 8.80 Å². The summed E-state index contributed by atoms with van der Waals surface area (Å²) in [6.07, 6.45) is 0. The zero-order valence-corrected chi connectivity index (χ0v) is 26.9. The second kappa shape index (κ2) is 10.1. The first-order chi connectivity index (χ1) is 23.2. The van der Waals surface area contributed by atoms with Crippen LogP contribution in [0, 0.1) is 6.92 Å². The van der Waals surface area contributed by atoms with Gasteiger partial charge in [-0.15, -0.1) is 0 Å². The van der Waals surface area contributed by atoms with E-state index in [4.69, 9.17) is 9.47 Å². The van der Waals surface area contributed by atoms with Crippen LogP contribution in [0.25, 0.3) is 33.4 Å². The minimum absolute atomic E-state index is 0.908. The van der Waals surface area contributed by atoms with Crippen molar-refractivity contribution in [3.63, 3.8) is 0 Å². The summed E-state index contributed by atoms with van der Waals surface area (Å²) in [6.45, 7) is 2.14. The van der Waals surface area contributed by atoms with Gasteiger partial charge in [-0.1, -0.05) is 109 Å². The van der Waals surface area contributed by atoms with Gasteiger partial charge in [0.25, 0.3) is 0 Å². The number of aryl methyl sites for hydroxylation is 1. The zero-order valence-electron chi connectivity index (χ0n) is 25.8. The van der Waals surface area contributed by atoms with E-state index in [9.17, 15) is 0 Å². The quantitative estimate of drug-likeness (QED) is 0.183. The molecule has 3 nitrogen and oxygen atoms in total. The van der Waals surface area contributed by atoms with Gasteiger partial charge in [0, 0.05) is 43.7 Å². The molecule has 10 rings (SSSR count). The van der Waals surface area contributed by atoms with Crippen LogP contribution in [0.3, 0.4) is 0 Å². The summed E-state index contributed by atoms with van der Waals surface area (Å²) in [6, 6.07) is 54.2. The first-order valence-electron chi connectivity index (χ1n) is 16.1. The van der Waals surface area contributed by atoms with Crippen LogP contribution in [0.2, 0.25) is 0 Å². The number of ether oxygens (including phenoxy) is 2. The molecule has 0 radical (unpaired) electrons. The summed E-state index contributed by atoms with van der Waals surface area (Å²) in [5, 5.41) is 3.86. The van der Waals surface area contributed by atoms with Crippen molar-refractivity contribution in [3.05, 3.63) is 157 Å². The van der Waals surface area contributed by atoms with Gasteiger partial charge >= 0.3 is 0 Å². The second-order valence-corrected chi connectivity index (χ2v) is 15.1. The lowest BCUT2D eigenvalue weighted by Crippen LogP contribution is -2.61. The SMILES string of the molecule is Cc1ccc(N2c3ccc(-c4ccccc4)c4c3[SiH]3c5c(cc(-c6ccccc6)cc5Oc5c(-c6ccccc6)ccc2c53)O4)cc1. The normalized spacial score (nSPS) is 13.4. The molecule has 222 valence electrons. The molecule has 3 aliphatic heterocycles. The molecule has 0 N–H and O–H groups in total. The fourth-order valence-electron chi connectivity index (χ4n) is 7.64. The third-order valence-corrected chi connectivity index (χ3v) is 13.2. The molecule has 3 heterocycles. The van der Waals surface area contributed by atoms with E-state index in [1.165, 1.54) is 32.5 Å². The van der Waals surface area contributed by atoms with E-state index in [0.717, 1.165) is 62.1 Å². The van der Waals surface area contributed by atoms with Gasteiger partial charge in [-0.3, -0.25) is 0 Å². The van der Waals surface area contributed by atoms with Crippen LogP contribution >= 0.6 is 0 Å². The number of rotatable bonds is 4. The summed E-state index contributed by atoms with van der Waals surface area (Å²) in [5.74, 6) is 3.75. The Morgan fingerprint density at radius 3 is 1.40 bits per heavy atom. The van der Waals surface area contributed by atoms with Crippen LogP contribution < -0.4 is 29.9 Å². The predicted molar refractivity (Wildman–Crippen MR) is 195 cm³/mol. The molecule has 0 fully saturated rings. The van der Waals surface area contributed by atoms with Gasteiger partial charge in [-0.05, 0) is 77.7 Å². The highest BCUT2D eigenvalue weighted by Gasteiger charge is 2.47. The molecule has 7 aromatic rings. The lowest BCUT2D eigenvalue weighted by Gasteiger charge is -2.44. The summed E-state index contributed by atoms with van der Waals surface area (Å²) in [7, 11) is -2.10. The molecule has 0 bridgehead atoms. The van der Waals surface area contributed by atoms with Crippen LogP contribution in [0.1, 0.15) is 5.56 Å². The summed E-state index contributed by atoms with van der Waals surface area (Å²) >= 11 is 0. The Kier molecular flexibility index (Phi) is 5.66. The smallest absolute Gasteiger partial charge is 0.157 e. The van der Waals surface area contributed by atoms with E-state index in [0.29, 0.717) is 0 Å². The molecule has 0 saturated heterocycles. The molecule has 47 heavy (non-hydrogen) atoms. The predicted octanol–water partition coefficient (Wildman–Crippen LogP) is 9.24. The fourth-order valence-corrected chi connectivity index (χ4v) is 11.4. The van der Waals surface area contributed by atoms with Crippen molar-refractivity contribution in [2.45, 2.75) is 6.92 Å². The Morgan fingerprint density at radius 2 is 0.915 bits per heavy atom.